The number of carbonyl (C=O) groups excluding carboxylic acids is 1. The minimum Gasteiger partial charge on any atom is -0.493 e. The first-order valence-corrected chi connectivity index (χ1v) is 9.01. The molecule has 1 amide bonds. The number of hydrogen-bond acceptors (Lipinski definition) is 5. The fraction of sp³-hybridized carbons (Fsp3) is 0.190. The number of halogens is 1. The summed E-state index contributed by atoms with van der Waals surface area (Å²) in [5.74, 6) is 2.27. The number of rotatable bonds is 3. The highest BCUT2D eigenvalue weighted by Gasteiger charge is 2.27. The van der Waals surface area contributed by atoms with Crippen molar-refractivity contribution in [3.8, 4) is 23.0 Å². The van der Waals surface area contributed by atoms with E-state index in [1.54, 1.807) is 43.4 Å². The van der Waals surface area contributed by atoms with Gasteiger partial charge in [-0.15, -0.1) is 0 Å². The van der Waals surface area contributed by atoms with Gasteiger partial charge < -0.3 is 23.5 Å². The standard InChI is InChI=1S/C21H18ClNO5/c1-25-19-9-13-11-23(21(24)17-7-4-8-27-17)12-14-15(22)5-3-6-16(14)28-18(13)10-20(19)26-2/h3-10H,11-12H2,1-2H3. The summed E-state index contributed by atoms with van der Waals surface area (Å²) in [7, 11) is 3.12. The van der Waals surface area contributed by atoms with Crippen LogP contribution in [-0.2, 0) is 13.1 Å². The van der Waals surface area contributed by atoms with Crippen molar-refractivity contribution >= 4 is 17.5 Å². The summed E-state index contributed by atoms with van der Waals surface area (Å²) in [6.45, 7) is 0.572. The second kappa shape index (κ2) is 7.48. The first-order valence-electron chi connectivity index (χ1n) is 8.63. The van der Waals surface area contributed by atoms with E-state index in [1.165, 1.54) is 6.26 Å². The molecule has 0 atom stereocenters. The predicted octanol–water partition coefficient (Wildman–Crippen LogP) is 4.90. The monoisotopic (exact) mass is 399 g/mol. The topological polar surface area (TPSA) is 61.1 Å². The number of amides is 1. The molecular weight excluding hydrogens is 382 g/mol. The summed E-state index contributed by atoms with van der Waals surface area (Å²) in [5, 5.41) is 0.527. The van der Waals surface area contributed by atoms with Gasteiger partial charge in [0.15, 0.2) is 17.3 Å². The molecule has 0 N–H and O–H groups in total. The van der Waals surface area contributed by atoms with Crippen molar-refractivity contribution in [2.75, 3.05) is 14.2 Å². The zero-order chi connectivity index (χ0) is 19.7. The molecule has 1 aliphatic rings. The second-order valence-corrected chi connectivity index (χ2v) is 6.68. The van der Waals surface area contributed by atoms with Gasteiger partial charge in [0, 0.05) is 22.2 Å². The number of methoxy groups -OCH3 is 2. The highest BCUT2D eigenvalue weighted by atomic mass is 35.5. The molecule has 7 heteroatoms. The Morgan fingerprint density at radius 2 is 1.82 bits per heavy atom. The maximum Gasteiger partial charge on any atom is 0.290 e. The van der Waals surface area contributed by atoms with Crippen molar-refractivity contribution < 1.29 is 23.4 Å². The zero-order valence-electron chi connectivity index (χ0n) is 15.4. The van der Waals surface area contributed by atoms with E-state index in [9.17, 15) is 4.79 Å². The van der Waals surface area contributed by atoms with E-state index in [-0.39, 0.29) is 18.2 Å². The van der Waals surface area contributed by atoms with Gasteiger partial charge in [-0.3, -0.25) is 4.79 Å². The molecule has 0 radical (unpaired) electrons. The molecule has 1 aliphatic heterocycles. The van der Waals surface area contributed by atoms with E-state index in [0.29, 0.717) is 34.6 Å². The quantitative estimate of drug-likeness (QED) is 0.627. The molecule has 3 aromatic rings. The lowest BCUT2D eigenvalue weighted by molar-refractivity contribution is 0.0692. The van der Waals surface area contributed by atoms with Gasteiger partial charge in [-0.2, -0.15) is 0 Å². The number of hydrogen-bond donors (Lipinski definition) is 0. The Morgan fingerprint density at radius 3 is 2.54 bits per heavy atom. The fourth-order valence-corrected chi connectivity index (χ4v) is 3.41. The molecule has 0 fully saturated rings. The largest absolute Gasteiger partial charge is 0.493 e. The van der Waals surface area contributed by atoms with Crippen LogP contribution in [-0.4, -0.2) is 25.0 Å². The van der Waals surface area contributed by atoms with Gasteiger partial charge in [-0.25, -0.2) is 0 Å². The smallest absolute Gasteiger partial charge is 0.290 e. The minimum absolute atomic E-state index is 0.237. The van der Waals surface area contributed by atoms with Crippen molar-refractivity contribution in [3.05, 3.63) is 70.6 Å². The maximum absolute atomic E-state index is 13.0. The van der Waals surface area contributed by atoms with Crippen molar-refractivity contribution in [1.82, 2.24) is 4.90 Å². The van der Waals surface area contributed by atoms with Crippen LogP contribution in [0.25, 0.3) is 0 Å². The van der Waals surface area contributed by atoms with E-state index in [2.05, 4.69) is 0 Å². The van der Waals surface area contributed by atoms with Crippen molar-refractivity contribution in [3.63, 3.8) is 0 Å². The van der Waals surface area contributed by atoms with Gasteiger partial charge in [0.05, 0.1) is 33.6 Å². The van der Waals surface area contributed by atoms with Gasteiger partial charge >= 0.3 is 0 Å². The van der Waals surface area contributed by atoms with Gasteiger partial charge in [0.1, 0.15) is 11.5 Å². The average molecular weight is 400 g/mol. The minimum atomic E-state index is -0.237. The maximum atomic E-state index is 13.0. The lowest BCUT2D eigenvalue weighted by Crippen LogP contribution is -2.31. The van der Waals surface area contributed by atoms with E-state index < -0.39 is 0 Å². The molecule has 2 aromatic carbocycles. The molecule has 0 saturated carbocycles. The Morgan fingerprint density at radius 1 is 1.04 bits per heavy atom. The van der Waals surface area contributed by atoms with E-state index in [0.717, 1.165) is 11.1 Å². The SMILES string of the molecule is COc1cc2c(cc1OC)Oc1cccc(Cl)c1CN(C(=O)c1ccco1)C2. The van der Waals surface area contributed by atoms with Crippen LogP contribution in [0.5, 0.6) is 23.0 Å². The average Bonchev–Trinajstić information content (AvgIpc) is 3.22. The second-order valence-electron chi connectivity index (χ2n) is 6.27. The Bertz CT molecular complexity index is 1020. The van der Waals surface area contributed by atoms with Crippen molar-refractivity contribution in [2.24, 2.45) is 0 Å². The van der Waals surface area contributed by atoms with Gasteiger partial charge in [-0.1, -0.05) is 17.7 Å². The number of ether oxygens (including phenoxy) is 3. The Kier molecular flexibility index (Phi) is 4.88. The van der Waals surface area contributed by atoms with Gasteiger partial charge in [-0.05, 0) is 30.3 Å². The summed E-state index contributed by atoms with van der Waals surface area (Å²) in [5.41, 5.74) is 1.51. The molecule has 144 valence electrons. The third-order valence-corrected chi connectivity index (χ3v) is 4.95. The van der Waals surface area contributed by atoms with Crippen LogP contribution in [0.2, 0.25) is 5.02 Å². The molecule has 6 nitrogen and oxygen atoms in total. The van der Waals surface area contributed by atoms with Crippen LogP contribution in [0.3, 0.4) is 0 Å². The van der Waals surface area contributed by atoms with E-state index in [4.69, 9.17) is 30.2 Å². The molecular formula is C21H18ClNO5. The molecule has 28 heavy (non-hydrogen) atoms. The summed E-state index contributed by atoms with van der Waals surface area (Å²) < 4.78 is 22.3. The highest BCUT2D eigenvalue weighted by molar-refractivity contribution is 6.31. The number of fused-ring (bicyclic) bond motifs is 2. The van der Waals surface area contributed by atoms with Gasteiger partial charge in [0.2, 0.25) is 0 Å². The molecule has 4 rings (SSSR count). The van der Waals surface area contributed by atoms with Crippen LogP contribution in [0.15, 0.2) is 53.1 Å². The fourth-order valence-electron chi connectivity index (χ4n) is 3.18. The molecule has 1 aromatic heterocycles. The normalized spacial score (nSPS) is 12.9. The first-order chi connectivity index (χ1) is 13.6. The molecule has 0 unspecified atom stereocenters. The predicted molar refractivity (Wildman–Crippen MR) is 103 cm³/mol. The Hall–Kier alpha value is -3.12. The molecule has 0 bridgehead atoms. The van der Waals surface area contributed by atoms with Crippen LogP contribution < -0.4 is 14.2 Å². The number of furan rings is 1. The van der Waals surface area contributed by atoms with Crippen LogP contribution in [0, 0.1) is 0 Å². The molecule has 2 heterocycles. The summed E-state index contributed by atoms with van der Waals surface area (Å²) in [6.07, 6.45) is 1.48. The van der Waals surface area contributed by atoms with E-state index in [1.807, 2.05) is 18.2 Å². The van der Waals surface area contributed by atoms with Crippen molar-refractivity contribution in [2.45, 2.75) is 13.1 Å². The summed E-state index contributed by atoms with van der Waals surface area (Å²) in [4.78, 5) is 14.7. The lowest BCUT2D eigenvalue weighted by Gasteiger charge is -2.28. The molecule has 0 spiro atoms. The highest BCUT2D eigenvalue weighted by Crippen LogP contribution is 2.41. The summed E-state index contributed by atoms with van der Waals surface area (Å²) in [6, 6.07) is 12.3. The van der Waals surface area contributed by atoms with E-state index >= 15 is 0 Å². The zero-order valence-corrected chi connectivity index (χ0v) is 16.2. The first kappa shape index (κ1) is 18.3. The number of carbonyl (C=O) groups is 1. The third kappa shape index (κ3) is 3.27. The van der Waals surface area contributed by atoms with Crippen LogP contribution in [0.4, 0.5) is 0 Å². The molecule has 0 aliphatic carbocycles. The lowest BCUT2D eigenvalue weighted by atomic mass is 10.1. The summed E-state index contributed by atoms with van der Waals surface area (Å²) >= 11 is 6.41. The van der Waals surface area contributed by atoms with Crippen LogP contribution >= 0.6 is 11.6 Å². The number of nitrogens with zero attached hydrogens (tertiary/aromatic N) is 1. The Balaban J connectivity index is 1.85. The van der Waals surface area contributed by atoms with Gasteiger partial charge in [0.25, 0.3) is 5.91 Å². The molecule has 0 saturated heterocycles. The van der Waals surface area contributed by atoms with Crippen LogP contribution in [0.1, 0.15) is 21.7 Å². The number of benzene rings is 2. The Labute approximate surface area is 167 Å². The third-order valence-electron chi connectivity index (χ3n) is 4.59. The van der Waals surface area contributed by atoms with Crippen molar-refractivity contribution in [1.29, 1.82) is 0 Å².